The molecule has 4 heteroatoms. The highest BCUT2D eigenvalue weighted by atomic mass is 16.5. The molecule has 4 nitrogen and oxygen atoms in total. The Bertz CT molecular complexity index is 1020. The summed E-state index contributed by atoms with van der Waals surface area (Å²) < 4.78 is 5.64. The number of rotatable bonds is 5. The van der Waals surface area contributed by atoms with E-state index in [1.54, 1.807) is 6.21 Å². The molecule has 0 aliphatic heterocycles. The van der Waals surface area contributed by atoms with Crippen LogP contribution in [0.4, 0.5) is 0 Å². The lowest BCUT2D eigenvalue weighted by Gasteiger charge is -2.20. The molecule has 144 valence electrons. The maximum atomic E-state index is 12.0. The van der Waals surface area contributed by atoms with Crippen LogP contribution in [0.1, 0.15) is 37.5 Å². The van der Waals surface area contributed by atoms with Crippen molar-refractivity contribution in [1.29, 1.82) is 0 Å². The van der Waals surface area contributed by atoms with Crippen molar-refractivity contribution in [2.45, 2.75) is 33.1 Å². The Kier molecular flexibility index (Phi) is 5.78. The molecule has 0 aromatic heterocycles. The Hall–Kier alpha value is -3.14. The summed E-state index contributed by atoms with van der Waals surface area (Å²) >= 11 is 0. The largest absolute Gasteiger partial charge is 0.483 e. The zero-order chi connectivity index (χ0) is 20.1. The number of hydrogen-bond donors (Lipinski definition) is 1. The summed E-state index contributed by atoms with van der Waals surface area (Å²) in [6.45, 7) is 8.42. The van der Waals surface area contributed by atoms with Crippen LogP contribution in [0.5, 0.6) is 5.75 Å². The lowest BCUT2D eigenvalue weighted by molar-refractivity contribution is -0.123. The van der Waals surface area contributed by atoms with Gasteiger partial charge in [0.25, 0.3) is 5.91 Å². The van der Waals surface area contributed by atoms with E-state index in [9.17, 15) is 4.79 Å². The van der Waals surface area contributed by atoms with Crippen LogP contribution < -0.4 is 10.2 Å². The summed E-state index contributed by atoms with van der Waals surface area (Å²) in [4.78, 5) is 12.0. The molecule has 0 aliphatic carbocycles. The Morgan fingerprint density at radius 1 is 1.04 bits per heavy atom. The van der Waals surface area contributed by atoms with Gasteiger partial charge in [0, 0.05) is 0 Å². The molecule has 0 saturated heterocycles. The molecule has 1 N–H and O–H groups in total. The molecule has 0 heterocycles. The van der Waals surface area contributed by atoms with Crippen LogP contribution in [0.25, 0.3) is 10.8 Å². The fraction of sp³-hybridized carbons (Fsp3) is 0.250. The molecule has 0 unspecified atom stereocenters. The number of aryl methyl sites for hydroxylation is 1. The maximum Gasteiger partial charge on any atom is 0.277 e. The van der Waals surface area contributed by atoms with E-state index in [2.05, 4.69) is 43.4 Å². The van der Waals surface area contributed by atoms with Crippen molar-refractivity contribution in [3.8, 4) is 5.75 Å². The van der Waals surface area contributed by atoms with Gasteiger partial charge in [-0.3, -0.25) is 4.79 Å². The van der Waals surface area contributed by atoms with Gasteiger partial charge >= 0.3 is 0 Å². The first-order valence-electron chi connectivity index (χ1n) is 9.37. The third-order valence-corrected chi connectivity index (χ3v) is 4.58. The van der Waals surface area contributed by atoms with Gasteiger partial charge in [-0.25, -0.2) is 5.43 Å². The highest BCUT2D eigenvalue weighted by Crippen LogP contribution is 2.27. The van der Waals surface area contributed by atoms with E-state index in [4.69, 9.17) is 4.74 Å². The first kappa shape index (κ1) is 19.6. The molecule has 0 spiro atoms. The quantitative estimate of drug-likeness (QED) is 0.506. The molecule has 0 bridgehead atoms. The van der Waals surface area contributed by atoms with Crippen LogP contribution in [0, 0.1) is 6.92 Å². The minimum Gasteiger partial charge on any atom is -0.483 e. The number of fused-ring (bicyclic) bond motifs is 1. The van der Waals surface area contributed by atoms with E-state index < -0.39 is 0 Å². The van der Waals surface area contributed by atoms with Crippen LogP contribution in [0.3, 0.4) is 0 Å². The number of hydrogen-bond acceptors (Lipinski definition) is 3. The lowest BCUT2D eigenvalue weighted by Crippen LogP contribution is -2.24. The summed E-state index contributed by atoms with van der Waals surface area (Å²) in [5, 5.41) is 6.33. The number of benzene rings is 3. The SMILES string of the molecule is Cc1cc(C(C)(C)C)ccc1OCC(=O)N/N=C/c1ccc2ccccc2c1. The predicted octanol–water partition coefficient (Wildman–Crippen LogP) is 4.97. The molecule has 0 fully saturated rings. The van der Waals surface area contributed by atoms with Crippen molar-refractivity contribution >= 4 is 22.9 Å². The topological polar surface area (TPSA) is 50.7 Å². The van der Waals surface area contributed by atoms with Crippen LogP contribution in [0.2, 0.25) is 0 Å². The van der Waals surface area contributed by atoms with Crippen molar-refractivity contribution < 1.29 is 9.53 Å². The van der Waals surface area contributed by atoms with E-state index in [1.165, 1.54) is 10.9 Å². The average molecular weight is 374 g/mol. The number of carbonyl (C=O) groups excluding carboxylic acids is 1. The number of carbonyl (C=O) groups is 1. The number of nitrogens with one attached hydrogen (secondary N) is 1. The van der Waals surface area contributed by atoms with E-state index in [0.717, 1.165) is 16.5 Å². The van der Waals surface area contributed by atoms with Crippen LogP contribution >= 0.6 is 0 Å². The number of hydrazone groups is 1. The number of nitrogens with zero attached hydrogens (tertiary/aromatic N) is 1. The third kappa shape index (κ3) is 4.97. The highest BCUT2D eigenvalue weighted by Gasteiger charge is 2.15. The second-order valence-corrected chi connectivity index (χ2v) is 7.92. The fourth-order valence-corrected chi connectivity index (χ4v) is 2.92. The molecule has 3 rings (SSSR count). The summed E-state index contributed by atoms with van der Waals surface area (Å²) in [5.74, 6) is 0.415. The number of amides is 1. The van der Waals surface area contributed by atoms with Crippen molar-refractivity contribution in [3.63, 3.8) is 0 Å². The van der Waals surface area contributed by atoms with Gasteiger partial charge in [0.2, 0.25) is 0 Å². The summed E-state index contributed by atoms with van der Waals surface area (Å²) in [7, 11) is 0. The molecule has 0 atom stereocenters. The molecule has 3 aromatic rings. The number of ether oxygens (including phenoxy) is 1. The smallest absolute Gasteiger partial charge is 0.277 e. The molecule has 28 heavy (non-hydrogen) atoms. The first-order valence-corrected chi connectivity index (χ1v) is 9.37. The van der Waals surface area contributed by atoms with Crippen LogP contribution in [-0.4, -0.2) is 18.7 Å². The fourth-order valence-electron chi connectivity index (χ4n) is 2.92. The molecule has 0 radical (unpaired) electrons. The second kappa shape index (κ2) is 8.26. The van der Waals surface area contributed by atoms with Gasteiger partial charge in [0.1, 0.15) is 5.75 Å². The average Bonchev–Trinajstić information content (AvgIpc) is 2.66. The molecule has 1 amide bonds. The maximum absolute atomic E-state index is 12.0. The Morgan fingerprint density at radius 2 is 1.79 bits per heavy atom. The van der Waals surface area contributed by atoms with Gasteiger partial charge in [0.05, 0.1) is 6.21 Å². The molecular formula is C24H26N2O2. The molecule has 3 aromatic carbocycles. The summed E-state index contributed by atoms with van der Waals surface area (Å²) in [5.41, 5.74) is 5.77. The first-order chi connectivity index (χ1) is 13.3. The molecule has 0 aliphatic rings. The monoisotopic (exact) mass is 374 g/mol. The van der Waals surface area contributed by atoms with E-state index in [0.29, 0.717) is 5.75 Å². The van der Waals surface area contributed by atoms with Gasteiger partial charge in [-0.2, -0.15) is 5.10 Å². The van der Waals surface area contributed by atoms with E-state index in [1.807, 2.05) is 55.5 Å². The zero-order valence-electron chi connectivity index (χ0n) is 16.8. The Balaban J connectivity index is 1.54. The van der Waals surface area contributed by atoms with Crippen LogP contribution in [0.15, 0.2) is 65.8 Å². The Labute approximate surface area is 166 Å². The van der Waals surface area contributed by atoms with E-state index >= 15 is 0 Å². The minimum absolute atomic E-state index is 0.0786. The zero-order valence-corrected chi connectivity index (χ0v) is 16.8. The van der Waals surface area contributed by atoms with Gasteiger partial charge in [-0.05, 0) is 51.9 Å². The normalized spacial score (nSPS) is 11.7. The van der Waals surface area contributed by atoms with Gasteiger partial charge in [-0.1, -0.05) is 69.3 Å². The molecule has 0 saturated carbocycles. The Morgan fingerprint density at radius 3 is 2.50 bits per heavy atom. The lowest BCUT2D eigenvalue weighted by atomic mass is 9.86. The molecular weight excluding hydrogens is 348 g/mol. The van der Waals surface area contributed by atoms with Crippen LogP contribution in [-0.2, 0) is 10.2 Å². The summed E-state index contributed by atoms with van der Waals surface area (Å²) in [6, 6.07) is 20.2. The van der Waals surface area contributed by atoms with Crippen molar-refractivity contribution in [3.05, 3.63) is 77.4 Å². The summed E-state index contributed by atoms with van der Waals surface area (Å²) in [6.07, 6.45) is 1.63. The van der Waals surface area contributed by atoms with Crippen molar-refractivity contribution in [2.24, 2.45) is 5.10 Å². The van der Waals surface area contributed by atoms with E-state index in [-0.39, 0.29) is 17.9 Å². The van der Waals surface area contributed by atoms with Crippen molar-refractivity contribution in [2.75, 3.05) is 6.61 Å². The predicted molar refractivity (Wildman–Crippen MR) is 115 cm³/mol. The van der Waals surface area contributed by atoms with Crippen molar-refractivity contribution in [1.82, 2.24) is 5.43 Å². The second-order valence-electron chi connectivity index (χ2n) is 7.92. The highest BCUT2D eigenvalue weighted by molar-refractivity contribution is 5.90. The van der Waals surface area contributed by atoms with Gasteiger partial charge in [-0.15, -0.1) is 0 Å². The van der Waals surface area contributed by atoms with Gasteiger partial charge < -0.3 is 4.74 Å². The standard InChI is InChI=1S/C24H26N2O2/c1-17-13-21(24(2,3)4)11-12-22(17)28-16-23(27)26-25-15-18-9-10-19-7-5-6-8-20(19)14-18/h5-15H,16H2,1-4H3,(H,26,27)/b25-15+. The van der Waals surface area contributed by atoms with Gasteiger partial charge in [0.15, 0.2) is 6.61 Å². The third-order valence-electron chi connectivity index (χ3n) is 4.58. The minimum atomic E-state index is -0.295.